The van der Waals surface area contributed by atoms with E-state index in [9.17, 15) is 18.0 Å². The molecule has 24 heavy (non-hydrogen) atoms. The van der Waals surface area contributed by atoms with Gasteiger partial charge in [-0.1, -0.05) is 17.7 Å². The fraction of sp³-hybridized carbons (Fsp3) is 0.529. The van der Waals surface area contributed by atoms with Crippen molar-refractivity contribution in [2.45, 2.75) is 37.5 Å². The molecular weight excluding hydrogens is 330 g/mol. The molecule has 1 aromatic rings. The summed E-state index contributed by atoms with van der Waals surface area (Å²) in [5, 5.41) is 0. The van der Waals surface area contributed by atoms with E-state index in [0.29, 0.717) is 13.1 Å². The molecule has 0 N–H and O–H groups in total. The Morgan fingerprint density at radius 2 is 1.71 bits per heavy atom. The third kappa shape index (κ3) is 5.33. The maximum atomic E-state index is 12.2. The summed E-state index contributed by atoms with van der Waals surface area (Å²) in [4.78, 5) is 25.5. The van der Waals surface area contributed by atoms with Crippen LogP contribution in [0.4, 0.5) is 0 Å². The summed E-state index contributed by atoms with van der Waals surface area (Å²) >= 11 is 0. The van der Waals surface area contributed by atoms with Gasteiger partial charge in [-0.05, 0) is 38.3 Å². The van der Waals surface area contributed by atoms with Crippen molar-refractivity contribution < 1.29 is 22.7 Å². The second-order valence-corrected chi connectivity index (χ2v) is 8.09. The number of sulfone groups is 1. The summed E-state index contributed by atoms with van der Waals surface area (Å²) in [5.41, 5.74) is 0.963. The predicted octanol–water partition coefficient (Wildman–Crippen LogP) is 1.71. The first-order valence-corrected chi connectivity index (χ1v) is 9.76. The normalized spacial score (nSPS) is 15.1. The van der Waals surface area contributed by atoms with E-state index in [1.165, 1.54) is 12.1 Å². The molecule has 0 saturated carbocycles. The average molecular weight is 353 g/mol. The summed E-state index contributed by atoms with van der Waals surface area (Å²) in [6, 6.07) is 6.47. The van der Waals surface area contributed by atoms with Gasteiger partial charge in [0.05, 0.1) is 17.1 Å². The monoisotopic (exact) mass is 353 g/mol. The van der Waals surface area contributed by atoms with Crippen LogP contribution in [0.3, 0.4) is 0 Å². The van der Waals surface area contributed by atoms with Crippen LogP contribution in [0.2, 0.25) is 0 Å². The largest absolute Gasteiger partial charge is 0.456 e. The van der Waals surface area contributed by atoms with Crippen LogP contribution in [-0.2, 0) is 24.2 Å². The molecule has 0 bridgehead atoms. The second kappa shape index (κ2) is 8.28. The highest BCUT2D eigenvalue weighted by atomic mass is 32.2. The smallest absolute Gasteiger partial charge is 0.307 e. The van der Waals surface area contributed by atoms with Crippen molar-refractivity contribution in [3.63, 3.8) is 0 Å². The third-order valence-electron chi connectivity index (χ3n) is 4.02. The lowest BCUT2D eigenvalue weighted by molar-refractivity contribution is -0.152. The number of benzene rings is 1. The molecule has 0 aromatic heterocycles. The summed E-state index contributed by atoms with van der Waals surface area (Å²) in [6.45, 7) is 2.94. The number of hydrogen-bond acceptors (Lipinski definition) is 5. The van der Waals surface area contributed by atoms with Crippen molar-refractivity contribution >= 4 is 21.7 Å². The number of piperidine rings is 1. The van der Waals surface area contributed by atoms with Gasteiger partial charge in [-0.15, -0.1) is 0 Å². The van der Waals surface area contributed by atoms with Gasteiger partial charge >= 0.3 is 5.97 Å². The van der Waals surface area contributed by atoms with Crippen LogP contribution >= 0.6 is 0 Å². The number of likely N-dealkylation sites (tertiary alicyclic amines) is 1. The Kier molecular flexibility index (Phi) is 6.36. The lowest BCUT2D eigenvalue weighted by Crippen LogP contribution is -2.38. The molecule has 1 aliphatic rings. The first kappa shape index (κ1) is 18.4. The maximum absolute atomic E-state index is 12.2. The summed E-state index contributed by atoms with van der Waals surface area (Å²) in [7, 11) is -3.53. The number of carbonyl (C=O) groups excluding carboxylic acids is 2. The summed E-state index contributed by atoms with van der Waals surface area (Å²) in [6.07, 6.45) is 2.78. The van der Waals surface area contributed by atoms with E-state index in [2.05, 4.69) is 0 Å². The number of nitrogens with zero attached hydrogens (tertiary/aromatic N) is 1. The molecule has 0 spiro atoms. The van der Waals surface area contributed by atoms with Crippen molar-refractivity contribution in [3.05, 3.63) is 29.8 Å². The molecule has 132 valence electrons. The van der Waals surface area contributed by atoms with E-state index >= 15 is 0 Å². The lowest BCUT2D eigenvalue weighted by atomic mass is 10.1. The van der Waals surface area contributed by atoms with Gasteiger partial charge in [-0.25, -0.2) is 8.42 Å². The molecular formula is C17H23NO5S. The van der Waals surface area contributed by atoms with E-state index in [1.54, 1.807) is 17.0 Å². The van der Waals surface area contributed by atoms with Crippen LogP contribution in [0.15, 0.2) is 29.2 Å². The van der Waals surface area contributed by atoms with E-state index in [4.69, 9.17) is 4.74 Å². The molecule has 1 saturated heterocycles. The minimum Gasteiger partial charge on any atom is -0.456 e. The van der Waals surface area contributed by atoms with Crippen LogP contribution in [0.1, 0.15) is 31.2 Å². The number of rotatable bonds is 6. The van der Waals surface area contributed by atoms with E-state index < -0.39 is 15.8 Å². The molecule has 0 atom stereocenters. The van der Waals surface area contributed by atoms with Gasteiger partial charge in [0, 0.05) is 13.1 Å². The Hall–Kier alpha value is -1.89. The third-order valence-corrected chi connectivity index (χ3v) is 5.75. The molecule has 0 aliphatic carbocycles. The minimum atomic E-state index is -3.53. The molecule has 1 aliphatic heterocycles. The number of hydrogen-bond donors (Lipinski definition) is 0. The lowest BCUT2D eigenvalue weighted by Gasteiger charge is -2.26. The summed E-state index contributed by atoms with van der Waals surface area (Å²) < 4.78 is 29.2. The van der Waals surface area contributed by atoms with Gasteiger partial charge in [-0.2, -0.15) is 0 Å². The second-order valence-electron chi connectivity index (χ2n) is 5.98. The number of amides is 1. The van der Waals surface area contributed by atoms with Gasteiger partial charge in [-0.3, -0.25) is 9.59 Å². The number of esters is 1. The predicted molar refractivity (Wildman–Crippen MR) is 89.2 cm³/mol. The molecule has 6 nitrogen and oxygen atoms in total. The number of ether oxygens (including phenoxy) is 1. The molecule has 1 heterocycles. The van der Waals surface area contributed by atoms with Crippen molar-refractivity contribution in [3.8, 4) is 0 Å². The van der Waals surface area contributed by atoms with Gasteiger partial charge in [0.1, 0.15) is 0 Å². The fourth-order valence-corrected chi connectivity index (χ4v) is 3.75. The van der Waals surface area contributed by atoms with Crippen LogP contribution in [0.5, 0.6) is 0 Å². The van der Waals surface area contributed by atoms with Gasteiger partial charge in [0.25, 0.3) is 5.91 Å². The highest BCUT2D eigenvalue weighted by molar-refractivity contribution is 7.91. The zero-order valence-electron chi connectivity index (χ0n) is 13.9. The summed E-state index contributed by atoms with van der Waals surface area (Å²) in [5.74, 6) is -1.22. The maximum Gasteiger partial charge on any atom is 0.307 e. The van der Waals surface area contributed by atoms with Gasteiger partial charge in [0.15, 0.2) is 16.4 Å². The Morgan fingerprint density at radius 1 is 1.08 bits per heavy atom. The van der Waals surface area contributed by atoms with E-state index in [-0.39, 0.29) is 29.6 Å². The van der Waals surface area contributed by atoms with Crippen molar-refractivity contribution in [1.29, 1.82) is 0 Å². The Morgan fingerprint density at radius 3 is 2.33 bits per heavy atom. The highest BCUT2D eigenvalue weighted by Crippen LogP contribution is 2.13. The first-order valence-electron chi connectivity index (χ1n) is 8.11. The van der Waals surface area contributed by atoms with Gasteiger partial charge in [0.2, 0.25) is 0 Å². The standard InChI is InChI=1S/C17H23NO5S/c1-14-5-7-15(8-6-14)24(21,22)12-9-17(20)23-13-16(19)18-10-3-2-4-11-18/h5-8H,2-4,9-13H2,1H3. The highest BCUT2D eigenvalue weighted by Gasteiger charge is 2.20. The van der Waals surface area contributed by atoms with Crippen LogP contribution < -0.4 is 0 Å². The zero-order chi connectivity index (χ0) is 17.6. The quantitative estimate of drug-likeness (QED) is 0.728. The van der Waals surface area contributed by atoms with Crippen molar-refractivity contribution in [2.75, 3.05) is 25.4 Å². The Balaban J connectivity index is 1.78. The van der Waals surface area contributed by atoms with Crippen LogP contribution in [-0.4, -0.2) is 50.6 Å². The minimum absolute atomic E-state index is 0.185. The zero-order valence-corrected chi connectivity index (χ0v) is 14.7. The van der Waals surface area contributed by atoms with E-state index in [0.717, 1.165) is 24.8 Å². The van der Waals surface area contributed by atoms with Crippen LogP contribution in [0.25, 0.3) is 0 Å². The number of aryl methyl sites for hydroxylation is 1. The van der Waals surface area contributed by atoms with Crippen molar-refractivity contribution in [1.82, 2.24) is 4.90 Å². The van der Waals surface area contributed by atoms with Crippen LogP contribution in [0, 0.1) is 6.92 Å². The SMILES string of the molecule is Cc1ccc(S(=O)(=O)CCC(=O)OCC(=O)N2CCCCC2)cc1. The molecule has 1 amide bonds. The Labute approximate surface area is 142 Å². The molecule has 1 fully saturated rings. The average Bonchev–Trinajstić information content (AvgIpc) is 2.59. The van der Waals surface area contributed by atoms with Gasteiger partial charge < -0.3 is 9.64 Å². The Bertz CT molecular complexity index is 675. The molecule has 0 unspecified atom stereocenters. The number of carbonyl (C=O) groups is 2. The van der Waals surface area contributed by atoms with Crippen molar-refractivity contribution in [2.24, 2.45) is 0 Å². The molecule has 7 heteroatoms. The fourth-order valence-electron chi connectivity index (χ4n) is 2.53. The molecule has 1 aromatic carbocycles. The topological polar surface area (TPSA) is 80.7 Å². The molecule has 2 rings (SSSR count). The molecule has 0 radical (unpaired) electrons. The van der Waals surface area contributed by atoms with E-state index in [1.807, 2.05) is 6.92 Å². The first-order chi connectivity index (χ1) is 11.4.